The minimum absolute atomic E-state index is 0.182. The molecule has 0 aliphatic carbocycles. The third kappa shape index (κ3) is 2.64. The van der Waals surface area contributed by atoms with E-state index in [4.69, 9.17) is 0 Å². The first-order valence-electron chi connectivity index (χ1n) is 5.70. The highest BCUT2D eigenvalue weighted by molar-refractivity contribution is 5.80. The maximum Gasteiger partial charge on any atom is 0.136 e. The highest BCUT2D eigenvalue weighted by Gasteiger charge is 2.24. The Morgan fingerprint density at radius 3 is 3.00 bits per heavy atom. The molecule has 4 nitrogen and oxygen atoms in total. The topological polar surface area (TPSA) is 47.8 Å². The number of aryl methyl sites for hydroxylation is 1. The molecule has 84 valence electrons. The second-order valence-corrected chi connectivity index (χ2v) is 3.45. The first-order valence-corrected chi connectivity index (χ1v) is 5.70. The quantitative estimate of drug-likeness (QED) is 0.746. The van der Waals surface area contributed by atoms with E-state index < -0.39 is 0 Å². The summed E-state index contributed by atoms with van der Waals surface area (Å²) in [4.78, 5) is 11.4. The molecule has 4 heteroatoms. The molecule has 15 heavy (non-hydrogen) atoms. The molecule has 2 heterocycles. The van der Waals surface area contributed by atoms with Crippen LogP contribution in [0.3, 0.4) is 0 Å². The van der Waals surface area contributed by atoms with E-state index in [1.807, 2.05) is 25.3 Å². The van der Waals surface area contributed by atoms with E-state index in [1.165, 1.54) is 0 Å². The van der Waals surface area contributed by atoms with Crippen molar-refractivity contribution in [2.24, 2.45) is 5.92 Å². The van der Waals surface area contributed by atoms with E-state index in [0.29, 0.717) is 12.2 Å². The van der Waals surface area contributed by atoms with Crippen LogP contribution in [0.1, 0.15) is 39.4 Å². The Balaban J connectivity index is 0.000000531. The molecule has 0 bridgehead atoms. The van der Waals surface area contributed by atoms with Gasteiger partial charge in [-0.25, -0.2) is 0 Å². The zero-order valence-electron chi connectivity index (χ0n) is 9.73. The number of hydrogen-bond acceptors (Lipinski definition) is 3. The Labute approximate surface area is 90.7 Å². The van der Waals surface area contributed by atoms with E-state index in [9.17, 15) is 4.79 Å². The van der Waals surface area contributed by atoms with Gasteiger partial charge >= 0.3 is 0 Å². The summed E-state index contributed by atoms with van der Waals surface area (Å²) in [5, 5.41) is 7.81. The van der Waals surface area contributed by atoms with E-state index in [1.54, 1.807) is 6.33 Å². The van der Waals surface area contributed by atoms with Gasteiger partial charge in [0.15, 0.2) is 0 Å². The molecule has 0 spiro atoms. The van der Waals surface area contributed by atoms with E-state index in [2.05, 4.69) is 10.2 Å². The molecule has 1 aliphatic rings. The molecule has 1 aromatic rings. The van der Waals surface area contributed by atoms with Crippen LogP contribution in [0.15, 0.2) is 6.33 Å². The minimum atomic E-state index is 0.182. The Bertz CT molecular complexity index is 319. The van der Waals surface area contributed by atoms with Crippen LogP contribution in [0, 0.1) is 5.92 Å². The summed E-state index contributed by atoms with van der Waals surface area (Å²) < 4.78 is 2.03. The summed E-state index contributed by atoms with van der Waals surface area (Å²) in [5.41, 5.74) is 0. The van der Waals surface area contributed by atoms with E-state index in [0.717, 1.165) is 25.2 Å². The second-order valence-electron chi connectivity index (χ2n) is 3.45. The molecule has 0 N–H and O–H groups in total. The fraction of sp³-hybridized carbons (Fsp3) is 0.727. The molecule has 0 radical (unpaired) electrons. The number of fused-ring (bicyclic) bond motifs is 1. The van der Waals surface area contributed by atoms with Gasteiger partial charge in [-0.05, 0) is 6.42 Å². The zero-order valence-corrected chi connectivity index (χ0v) is 9.73. The average molecular weight is 209 g/mol. The number of aromatic nitrogens is 3. The van der Waals surface area contributed by atoms with E-state index >= 15 is 0 Å². The Hall–Kier alpha value is -1.19. The van der Waals surface area contributed by atoms with Crippen LogP contribution in [-0.4, -0.2) is 20.5 Å². The molecule has 1 aromatic heterocycles. The molecular weight excluding hydrogens is 190 g/mol. The first-order chi connectivity index (χ1) is 7.31. The number of ketones is 1. The molecule has 0 saturated heterocycles. The minimum Gasteiger partial charge on any atom is -0.318 e. The van der Waals surface area contributed by atoms with Crippen LogP contribution >= 0.6 is 0 Å². The average Bonchev–Trinajstić information content (AvgIpc) is 2.77. The molecule has 1 aliphatic heterocycles. The molecule has 0 amide bonds. The van der Waals surface area contributed by atoms with Gasteiger partial charge < -0.3 is 4.57 Å². The van der Waals surface area contributed by atoms with E-state index in [-0.39, 0.29) is 5.92 Å². The third-order valence-corrected chi connectivity index (χ3v) is 2.65. The zero-order chi connectivity index (χ0) is 11.3. The van der Waals surface area contributed by atoms with Crippen LogP contribution in [0.5, 0.6) is 0 Å². The van der Waals surface area contributed by atoms with Crippen LogP contribution in [0.2, 0.25) is 0 Å². The standard InChI is InChI=1S/C9H13N3O.C2H6/c1-2-8(13)7-3-4-12-6-10-11-9(12)5-7;1-2/h6-7H,2-5H2,1H3;1-2H3. The van der Waals surface area contributed by atoms with Crippen LogP contribution in [-0.2, 0) is 17.8 Å². The number of carbonyl (C=O) groups excluding carboxylic acids is 1. The molecule has 0 aromatic carbocycles. The maximum absolute atomic E-state index is 11.4. The number of hydrogen-bond donors (Lipinski definition) is 0. The summed E-state index contributed by atoms with van der Waals surface area (Å²) in [6, 6.07) is 0. The Kier molecular flexibility index (Phi) is 4.46. The molecule has 1 unspecified atom stereocenters. The van der Waals surface area contributed by atoms with Gasteiger partial charge in [0.25, 0.3) is 0 Å². The van der Waals surface area contributed by atoms with Crippen molar-refractivity contribution in [2.45, 2.75) is 46.6 Å². The van der Waals surface area contributed by atoms with Gasteiger partial charge in [0.1, 0.15) is 17.9 Å². The van der Waals surface area contributed by atoms with Crippen molar-refractivity contribution in [2.75, 3.05) is 0 Å². The number of rotatable bonds is 2. The molecule has 0 fully saturated rings. The van der Waals surface area contributed by atoms with Crippen molar-refractivity contribution >= 4 is 5.78 Å². The lowest BCUT2D eigenvalue weighted by atomic mass is 9.92. The number of nitrogens with zero attached hydrogens (tertiary/aromatic N) is 3. The van der Waals surface area contributed by atoms with Gasteiger partial charge in [0.05, 0.1) is 0 Å². The monoisotopic (exact) mass is 209 g/mol. The van der Waals surface area contributed by atoms with Crippen molar-refractivity contribution < 1.29 is 4.79 Å². The van der Waals surface area contributed by atoms with Crippen molar-refractivity contribution in [3.05, 3.63) is 12.2 Å². The normalized spacial score (nSPS) is 18.7. The van der Waals surface area contributed by atoms with Crippen LogP contribution < -0.4 is 0 Å². The van der Waals surface area contributed by atoms with Gasteiger partial charge in [-0.15, -0.1) is 10.2 Å². The van der Waals surface area contributed by atoms with Gasteiger partial charge in [0.2, 0.25) is 0 Å². The Morgan fingerprint density at radius 1 is 1.60 bits per heavy atom. The highest BCUT2D eigenvalue weighted by atomic mass is 16.1. The number of carbonyl (C=O) groups is 1. The predicted octanol–water partition coefficient (Wildman–Crippen LogP) is 1.85. The van der Waals surface area contributed by atoms with Crippen molar-refractivity contribution in [1.29, 1.82) is 0 Å². The highest BCUT2D eigenvalue weighted by Crippen LogP contribution is 2.19. The summed E-state index contributed by atoms with van der Waals surface area (Å²) in [6.45, 7) is 6.81. The lowest BCUT2D eigenvalue weighted by Crippen LogP contribution is -2.25. The summed E-state index contributed by atoms with van der Waals surface area (Å²) in [7, 11) is 0. The molecule has 1 atom stereocenters. The fourth-order valence-electron chi connectivity index (χ4n) is 1.80. The van der Waals surface area contributed by atoms with Crippen molar-refractivity contribution in [3.8, 4) is 0 Å². The fourth-order valence-corrected chi connectivity index (χ4v) is 1.80. The third-order valence-electron chi connectivity index (χ3n) is 2.65. The van der Waals surface area contributed by atoms with Crippen LogP contribution in [0.4, 0.5) is 0 Å². The molecule has 2 rings (SSSR count). The first kappa shape index (κ1) is 11.9. The van der Waals surface area contributed by atoms with Crippen molar-refractivity contribution in [1.82, 2.24) is 14.8 Å². The Morgan fingerprint density at radius 2 is 2.33 bits per heavy atom. The second kappa shape index (κ2) is 5.63. The maximum atomic E-state index is 11.4. The number of Topliss-reactive ketones (excluding diaryl/α,β-unsaturated/α-hetero) is 1. The van der Waals surface area contributed by atoms with Gasteiger partial charge in [-0.1, -0.05) is 20.8 Å². The van der Waals surface area contributed by atoms with Crippen molar-refractivity contribution in [3.63, 3.8) is 0 Å². The molecular formula is C11H19N3O. The van der Waals surface area contributed by atoms with Gasteiger partial charge in [-0.3, -0.25) is 4.79 Å². The predicted molar refractivity (Wildman–Crippen MR) is 58.5 cm³/mol. The summed E-state index contributed by atoms with van der Waals surface area (Å²) >= 11 is 0. The van der Waals surface area contributed by atoms with Gasteiger partial charge in [0, 0.05) is 25.3 Å². The molecule has 0 saturated carbocycles. The van der Waals surface area contributed by atoms with Crippen LogP contribution in [0.25, 0.3) is 0 Å². The largest absolute Gasteiger partial charge is 0.318 e. The summed E-state index contributed by atoms with van der Waals surface area (Å²) in [6.07, 6.45) is 4.09. The SMILES string of the molecule is CC.CCC(=O)C1CCn2cnnc2C1. The smallest absolute Gasteiger partial charge is 0.136 e. The summed E-state index contributed by atoms with van der Waals surface area (Å²) in [5.74, 6) is 1.49. The lowest BCUT2D eigenvalue weighted by molar-refractivity contribution is -0.123. The lowest BCUT2D eigenvalue weighted by Gasteiger charge is -2.20. The van der Waals surface area contributed by atoms with Gasteiger partial charge in [-0.2, -0.15) is 0 Å².